The minimum absolute atomic E-state index is 0.0193. The average molecular weight is 235 g/mol. The van der Waals surface area contributed by atoms with Crippen molar-refractivity contribution in [2.75, 3.05) is 25.5 Å². The number of rotatable bonds is 6. The number of hydrogen-bond donors (Lipinski definition) is 1. The summed E-state index contributed by atoms with van der Waals surface area (Å²) in [6.07, 6.45) is 3.60. The number of nitrogens with one attached hydrogen (secondary N) is 1. The van der Waals surface area contributed by atoms with Crippen LogP contribution in [0.1, 0.15) is 37.2 Å². The van der Waals surface area contributed by atoms with Crippen molar-refractivity contribution in [2.45, 2.75) is 26.7 Å². The Balaban J connectivity index is 2.84. The molecule has 0 saturated carbocycles. The molecule has 1 aromatic rings. The van der Waals surface area contributed by atoms with Crippen molar-refractivity contribution in [3.63, 3.8) is 0 Å². The molecule has 17 heavy (non-hydrogen) atoms. The fourth-order valence-corrected chi connectivity index (χ4v) is 1.72. The van der Waals surface area contributed by atoms with Gasteiger partial charge in [0.1, 0.15) is 5.69 Å². The highest BCUT2D eigenvalue weighted by molar-refractivity contribution is 5.93. The molecule has 0 spiro atoms. The summed E-state index contributed by atoms with van der Waals surface area (Å²) in [5.41, 5.74) is 1.43. The van der Waals surface area contributed by atoms with E-state index in [-0.39, 0.29) is 5.91 Å². The predicted octanol–water partition coefficient (Wildman–Crippen LogP) is 2.39. The molecule has 0 saturated heterocycles. The second kappa shape index (κ2) is 6.89. The van der Waals surface area contributed by atoms with Crippen LogP contribution >= 0.6 is 0 Å². The van der Waals surface area contributed by atoms with Crippen molar-refractivity contribution >= 4 is 11.6 Å². The first-order valence-electron chi connectivity index (χ1n) is 6.16. The Bertz CT molecular complexity index is 359. The molecule has 1 amide bonds. The van der Waals surface area contributed by atoms with Gasteiger partial charge in [0.05, 0.1) is 0 Å². The van der Waals surface area contributed by atoms with E-state index in [0.717, 1.165) is 31.6 Å². The second-order valence-corrected chi connectivity index (χ2v) is 3.97. The SMILES string of the molecule is CCCN(CCC)C(=O)c1cc(NC)ccn1. The Morgan fingerprint density at radius 3 is 2.53 bits per heavy atom. The Morgan fingerprint density at radius 1 is 1.35 bits per heavy atom. The molecule has 0 radical (unpaired) electrons. The molecule has 1 aromatic heterocycles. The van der Waals surface area contributed by atoms with Gasteiger partial charge in [0.2, 0.25) is 0 Å². The second-order valence-electron chi connectivity index (χ2n) is 3.97. The minimum Gasteiger partial charge on any atom is -0.388 e. The zero-order valence-corrected chi connectivity index (χ0v) is 10.9. The van der Waals surface area contributed by atoms with Gasteiger partial charge < -0.3 is 10.2 Å². The van der Waals surface area contributed by atoms with Gasteiger partial charge in [-0.15, -0.1) is 0 Å². The van der Waals surface area contributed by atoms with Crippen LogP contribution in [0.5, 0.6) is 0 Å². The van der Waals surface area contributed by atoms with Crippen molar-refractivity contribution < 1.29 is 4.79 Å². The third-order valence-electron chi connectivity index (χ3n) is 2.54. The van der Waals surface area contributed by atoms with Gasteiger partial charge >= 0.3 is 0 Å². The average Bonchev–Trinajstić information content (AvgIpc) is 2.38. The normalized spacial score (nSPS) is 10.1. The molecule has 1 N–H and O–H groups in total. The molecular formula is C13H21N3O. The lowest BCUT2D eigenvalue weighted by Crippen LogP contribution is -2.33. The molecule has 0 atom stereocenters. The van der Waals surface area contributed by atoms with Gasteiger partial charge in [-0.05, 0) is 25.0 Å². The number of aromatic nitrogens is 1. The maximum absolute atomic E-state index is 12.2. The largest absolute Gasteiger partial charge is 0.388 e. The van der Waals surface area contributed by atoms with Crippen molar-refractivity contribution in [1.29, 1.82) is 0 Å². The first-order chi connectivity index (χ1) is 8.22. The molecule has 1 rings (SSSR count). The standard InChI is InChI=1S/C13H21N3O/c1-4-8-16(9-5-2)13(17)12-10-11(14-3)6-7-15-12/h6-7,10H,4-5,8-9H2,1-3H3,(H,14,15). The van der Waals surface area contributed by atoms with Gasteiger partial charge in [-0.3, -0.25) is 9.78 Å². The predicted molar refractivity (Wildman–Crippen MR) is 70.3 cm³/mol. The monoisotopic (exact) mass is 235 g/mol. The molecule has 1 heterocycles. The van der Waals surface area contributed by atoms with Crippen molar-refractivity contribution in [1.82, 2.24) is 9.88 Å². The van der Waals surface area contributed by atoms with E-state index in [9.17, 15) is 4.79 Å². The smallest absolute Gasteiger partial charge is 0.272 e. The lowest BCUT2D eigenvalue weighted by Gasteiger charge is -2.21. The molecule has 4 heteroatoms. The minimum atomic E-state index is 0.0193. The van der Waals surface area contributed by atoms with Gasteiger partial charge in [0.15, 0.2) is 0 Å². The van der Waals surface area contributed by atoms with E-state index in [2.05, 4.69) is 24.1 Å². The van der Waals surface area contributed by atoms with Crippen LogP contribution in [0.15, 0.2) is 18.3 Å². The summed E-state index contributed by atoms with van der Waals surface area (Å²) in [6.45, 7) is 5.73. The number of nitrogens with zero attached hydrogens (tertiary/aromatic N) is 2. The van der Waals surface area contributed by atoms with Crippen molar-refractivity contribution in [3.05, 3.63) is 24.0 Å². The third kappa shape index (κ3) is 3.73. The summed E-state index contributed by atoms with van der Waals surface area (Å²) >= 11 is 0. The zero-order chi connectivity index (χ0) is 12.7. The lowest BCUT2D eigenvalue weighted by atomic mass is 10.2. The molecule has 0 bridgehead atoms. The number of carbonyl (C=O) groups is 1. The Kier molecular flexibility index (Phi) is 5.46. The maximum atomic E-state index is 12.2. The molecule has 4 nitrogen and oxygen atoms in total. The quantitative estimate of drug-likeness (QED) is 0.823. The molecule has 0 aliphatic heterocycles. The van der Waals surface area contributed by atoms with Gasteiger partial charge in [-0.1, -0.05) is 13.8 Å². The summed E-state index contributed by atoms with van der Waals surface area (Å²) in [4.78, 5) is 18.2. The topological polar surface area (TPSA) is 45.2 Å². The summed E-state index contributed by atoms with van der Waals surface area (Å²) in [5.74, 6) is 0.0193. The van der Waals surface area contributed by atoms with Crippen LogP contribution in [0, 0.1) is 0 Å². The highest BCUT2D eigenvalue weighted by atomic mass is 16.2. The molecule has 0 unspecified atom stereocenters. The first kappa shape index (κ1) is 13.5. The van der Waals surface area contributed by atoms with Crippen LogP contribution < -0.4 is 5.32 Å². The molecule has 0 fully saturated rings. The maximum Gasteiger partial charge on any atom is 0.272 e. The Morgan fingerprint density at radius 2 is 2.00 bits per heavy atom. The van der Waals surface area contributed by atoms with E-state index < -0.39 is 0 Å². The third-order valence-corrected chi connectivity index (χ3v) is 2.54. The van der Waals surface area contributed by atoms with Gasteiger partial charge in [-0.25, -0.2) is 0 Å². The molecule has 0 aliphatic carbocycles. The fraction of sp³-hybridized carbons (Fsp3) is 0.538. The van der Waals surface area contributed by atoms with Crippen molar-refractivity contribution in [3.8, 4) is 0 Å². The zero-order valence-electron chi connectivity index (χ0n) is 10.9. The number of hydrogen-bond acceptors (Lipinski definition) is 3. The van der Waals surface area contributed by atoms with Crippen molar-refractivity contribution in [2.24, 2.45) is 0 Å². The van der Waals surface area contributed by atoms with Crippen LogP contribution in [0.2, 0.25) is 0 Å². The highest BCUT2D eigenvalue weighted by Gasteiger charge is 2.15. The van der Waals surface area contributed by atoms with E-state index >= 15 is 0 Å². The molecule has 0 aromatic carbocycles. The number of anilines is 1. The van der Waals surface area contributed by atoms with Gasteiger partial charge in [0.25, 0.3) is 5.91 Å². The van der Waals surface area contributed by atoms with Crippen LogP contribution in [0.25, 0.3) is 0 Å². The Hall–Kier alpha value is -1.58. The van der Waals surface area contributed by atoms with E-state index in [4.69, 9.17) is 0 Å². The van der Waals surface area contributed by atoms with E-state index in [1.165, 1.54) is 0 Å². The van der Waals surface area contributed by atoms with Crippen LogP contribution in [-0.2, 0) is 0 Å². The van der Waals surface area contributed by atoms with Crippen LogP contribution in [0.3, 0.4) is 0 Å². The fourth-order valence-electron chi connectivity index (χ4n) is 1.72. The van der Waals surface area contributed by atoms with Crippen LogP contribution in [0.4, 0.5) is 5.69 Å². The summed E-state index contributed by atoms with van der Waals surface area (Å²) in [7, 11) is 1.83. The summed E-state index contributed by atoms with van der Waals surface area (Å²) < 4.78 is 0. The van der Waals surface area contributed by atoms with E-state index in [1.54, 1.807) is 12.3 Å². The van der Waals surface area contributed by atoms with Gasteiger partial charge in [0, 0.05) is 32.0 Å². The van der Waals surface area contributed by atoms with E-state index in [1.807, 2.05) is 18.0 Å². The lowest BCUT2D eigenvalue weighted by molar-refractivity contribution is 0.0750. The summed E-state index contributed by atoms with van der Waals surface area (Å²) in [5, 5.41) is 3.01. The number of amides is 1. The van der Waals surface area contributed by atoms with E-state index in [0.29, 0.717) is 5.69 Å². The van der Waals surface area contributed by atoms with Gasteiger partial charge in [-0.2, -0.15) is 0 Å². The van der Waals surface area contributed by atoms with Crippen LogP contribution in [-0.4, -0.2) is 35.9 Å². The first-order valence-corrected chi connectivity index (χ1v) is 6.16. The number of pyridine rings is 1. The molecule has 0 aliphatic rings. The molecular weight excluding hydrogens is 214 g/mol. The Labute approximate surface area is 103 Å². The highest BCUT2D eigenvalue weighted by Crippen LogP contribution is 2.10. The number of carbonyl (C=O) groups excluding carboxylic acids is 1. The summed E-state index contributed by atoms with van der Waals surface area (Å²) in [6, 6.07) is 3.64. The molecule has 94 valence electrons.